The Balaban J connectivity index is 1.78. The number of allylic oxidation sites excluding steroid dienone is 2. The first-order chi connectivity index (χ1) is 11.3. The third-order valence-electron chi connectivity index (χ3n) is 5.34. The zero-order valence-corrected chi connectivity index (χ0v) is 14.5. The SMILES string of the molecule is CC(C)(C)OC(=O)N1CCC[C@H]2C[C@@]23C1=CC(=O)c1ccccc13. The van der Waals surface area contributed by atoms with Crippen molar-refractivity contribution in [3.63, 3.8) is 0 Å². The maximum Gasteiger partial charge on any atom is 0.414 e. The fourth-order valence-electron chi connectivity index (χ4n) is 4.32. The summed E-state index contributed by atoms with van der Waals surface area (Å²) < 4.78 is 5.60. The number of ketones is 1. The second-order valence-electron chi connectivity index (χ2n) is 8.09. The van der Waals surface area contributed by atoms with Crippen LogP contribution in [-0.2, 0) is 10.2 Å². The van der Waals surface area contributed by atoms with Gasteiger partial charge in [0.15, 0.2) is 5.78 Å². The van der Waals surface area contributed by atoms with E-state index in [2.05, 4.69) is 6.07 Å². The molecule has 126 valence electrons. The van der Waals surface area contributed by atoms with Gasteiger partial charge in [-0.25, -0.2) is 4.79 Å². The lowest BCUT2D eigenvalue weighted by molar-refractivity contribution is 0.0302. The Morgan fingerprint density at radius 2 is 2.04 bits per heavy atom. The highest BCUT2D eigenvalue weighted by atomic mass is 16.6. The highest BCUT2D eigenvalue weighted by Gasteiger charge is 2.62. The molecule has 1 aliphatic heterocycles. The van der Waals surface area contributed by atoms with Crippen molar-refractivity contribution < 1.29 is 14.3 Å². The lowest BCUT2D eigenvalue weighted by Crippen LogP contribution is -2.41. The molecule has 1 spiro atoms. The van der Waals surface area contributed by atoms with Gasteiger partial charge in [-0.15, -0.1) is 0 Å². The number of hydrogen-bond acceptors (Lipinski definition) is 3. The lowest BCUT2D eigenvalue weighted by atomic mass is 9.80. The summed E-state index contributed by atoms with van der Waals surface area (Å²) in [5.41, 5.74) is 2.01. The van der Waals surface area contributed by atoms with E-state index in [0.717, 1.165) is 36.1 Å². The Kier molecular flexibility index (Phi) is 3.18. The van der Waals surface area contributed by atoms with Crippen LogP contribution in [-0.4, -0.2) is 28.9 Å². The van der Waals surface area contributed by atoms with Crippen LogP contribution in [0.4, 0.5) is 4.79 Å². The Labute approximate surface area is 142 Å². The first-order valence-corrected chi connectivity index (χ1v) is 8.69. The molecule has 4 nitrogen and oxygen atoms in total. The lowest BCUT2D eigenvalue weighted by Gasteiger charge is -2.34. The van der Waals surface area contributed by atoms with Crippen LogP contribution in [0.3, 0.4) is 0 Å². The van der Waals surface area contributed by atoms with E-state index < -0.39 is 5.60 Å². The molecule has 3 aliphatic rings. The first-order valence-electron chi connectivity index (χ1n) is 8.69. The van der Waals surface area contributed by atoms with Crippen LogP contribution in [0.15, 0.2) is 36.0 Å². The molecule has 2 atom stereocenters. The molecule has 0 unspecified atom stereocenters. The summed E-state index contributed by atoms with van der Waals surface area (Å²) in [6, 6.07) is 7.85. The molecule has 1 saturated heterocycles. The van der Waals surface area contributed by atoms with Gasteiger partial charge >= 0.3 is 6.09 Å². The minimum Gasteiger partial charge on any atom is -0.443 e. The van der Waals surface area contributed by atoms with E-state index in [9.17, 15) is 9.59 Å². The number of amides is 1. The molecule has 0 aromatic heterocycles. The average Bonchev–Trinajstić information content (AvgIpc) is 3.22. The van der Waals surface area contributed by atoms with E-state index in [-0.39, 0.29) is 17.3 Å². The fourth-order valence-corrected chi connectivity index (χ4v) is 4.32. The summed E-state index contributed by atoms with van der Waals surface area (Å²) in [5.74, 6) is 0.512. The molecule has 1 amide bonds. The number of nitrogens with zero attached hydrogens (tertiary/aromatic N) is 1. The molecule has 2 fully saturated rings. The van der Waals surface area contributed by atoms with E-state index in [1.54, 1.807) is 11.0 Å². The van der Waals surface area contributed by atoms with Gasteiger partial charge < -0.3 is 4.74 Å². The quantitative estimate of drug-likeness (QED) is 0.723. The molecule has 4 rings (SSSR count). The van der Waals surface area contributed by atoms with Gasteiger partial charge in [-0.1, -0.05) is 24.3 Å². The van der Waals surface area contributed by atoms with Gasteiger partial charge in [-0.3, -0.25) is 9.69 Å². The third-order valence-corrected chi connectivity index (χ3v) is 5.34. The number of carbonyl (C=O) groups excluding carboxylic acids is 2. The maximum absolute atomic E-state index is 12.8. The van der Waals surface area contributed by atoms with Gasteiger partial charge in [0.2, 0.25) is 0 Å². The zero-order chi connectivity index (χ0) is 17.1. The number of fused-ring (bicyclic) bond motifs is 1. The average molecular weight is 325 g/mol. The van der Waals surface area contributed by atoms with Crippen LogP contribution in [0.1, 0.15) is 56.0 Å². The Morgan fingerprint density at radius 3 is 2.79 bits per heavy atom. The van der Waals surface area contributed by atoms with Crippen molar-refractivity contribution in [1.29, 1.82) is 0 Å². The van der Waals surface area contributed by atoms with Gasteiger partial charge in [-0.2, -0.15) is 0 Å². The predicted molar refractivity (Wildman–Crippen MR) is 90.8 cm³/mol. The first kappa shape index (κ1) is 15.4. The van der Waals surface area contributed by atoms with Crippen LogP contribution in [0.2, 0.25) is 0 Å². The Hall–Kier alpha value is -2.10. The van der Waals surface area contributed by atoms with Gasteiger partial charge in [0.1, 0.15) is 5.60 Å². The summed E-state index contributed by atoms with van der Waals surface area (Å²) in [6.45, 7) is 6.23. The summed E-state index contributed by atoms with van der Waals surface area (Å²) >= 11 is 0. The van der Waals surface area contributed by atoms with E-state index in [0.29, 0.717) is 12.5 Å². The number of hydrogen-bond donors (Lipinski definition) is 0. The highest BCUT2D eigenvalue weighted by molar-refractivity contribution is 6.08. The van der Waals surface area contributed by atoms with Crippen molar-refractivity contribution in [2.45, 2.75) is 51.0 Å². The number of likely N-dealkylation sites (tertiary alicyclic amines) is 1. The fraction of sp³-hybridized carbons (Fsp3) is 0.500. The van der Waals surface area contributed by atoms with Gasteiger partial charge in [-0.05, 0) is 51.5 Å². The van der Waals surface area contributed by atoms with Crippen LogP contribution in [0.25, 0.3) is 0 Å². The molecule has 24 heavy (non-hydrogen) atoms. The molecule has 1 saturated carbocycles. The van der Waals surface area contributed by atoms with E-state index in [4.69, 9.17) is 4.74 Å². The summed E-state index contributed by atoms with van der Waals surface area (Å²) in [6.07, 6.45) is 4.38. The monoisotopic (exact) mass is 325 g/mol. The number of benzene rings is 1. The van der Waals surface area contributed by atoms with Gasteiger partial charge in [0, 0.05) is 29.3 Å². The Morgan fingerprint density at radius 1 is 1.29 bits per heavy atom. The smallest absolute Gasteiger partial charge is 0.414 e. The second kappa shape index (κ2) is 4.95. The summed E-state index contributed by atoms with van der Waals surface area (Å²) in [5, 5.41) is 0. The molecule has 1 aromatic carbocycles. The maximum atomic E-state index is 12.8. The van der Waals surface area contributed by atoms with Crippen molar-refractivity contribution in [3.8, 4) is 0 Å². The molecule has 2 aliphatic carbocycles. The predicted octanol–water partition coefficient (Wildman–Crippen LogP) is 4.06. The van der Waals surface area contributed by atoms with Crippen LogP contribution >= 0.6 is 0 Å². The van der Waals surface area contributed by atoms with Gasteiger partial charge in [0.25, 0.3) is 0 Å². The van der Waals surface area contributed by atoms with Crippen molar-refractivity contribution >= 4 is 11.9 Å². The van der Waals surface area contributed by atoms with Crippen molar-refractivity contribution in [1.82, 2.24) is 4.90 Å². The second-order valence-corrected chi connectivity index (χ2v) is 8.09. The van der Waals surface area contributed by atoms with Crippen LogP contribution in [0.5, 0.6) is 0 Å². The minimum absolute atomic E-state index is 0.00710. The summed E-state index contributed by atoms with van der Waals surface area (Å²) in [4.78, 5) is 27.1. The number of carbonyl (C=O) groups is 2. The largest absolute Gasteiger partial charge is 0.443 e. The molecule has 1 aromatic rings. The number of rotatable bonds is 0. The van der Waals surface area contributed by atoms with Crippen LogP contribution < -0.4 is 0 Å². The number of ether oxygens (including phenoxy) is 1. The van der Waals surface area contributed by atoms with E-state index >= 15 is 0 Å². The topological polar surface area (TPSA) is 46.6 Å². The zero-order valence-electron chi connectivity index (χ0n) is 14.5. The van der Waals surface area contributed by atoms with Crippen molar-refractivity contribution in [3.05, 3.63) is 47.2 Å². The van der Waals surface area contributed by atoms with Crippen molar-refractivity contribution in [2.24, 2.45) is 5.92 Å². The minimum atomic E-state index is -0.545. The van der Waals surface area contributed by atoms with Gasteiger partial charge in [0.05, 0.1) is 0 Å². The van der Waals surface area contributed by atoms with E-state index in [1.807, 2.05) is 39.0 Å². The third kappa shape index (κ3) is 2.20. The molecule has 4 heteroatoms. The highest BCUT2D eigenvalue weighted by Crippen LogP contribution is 2.64. The van der Waals surface area contributed by atoms with Crippen LogP contribution in [0, 0.1) is 5.92 Å². The molecule has 0 N–H and O–H groups in total. The summed E-state index contributed by atoms with van der Waals surface area (Å²) in [7, 11) is 0. The molecular formula is C20H23NO3. The standard InChI is InChI=1S/C20H23NO3/c1-19(2,3)24-18(23)21-10-6-7-13-12-20(13)15-9-5-4-8-14(15)16(22)11-17(20)21/h4-5,8-9,11,13H,6-7,10,12H2,1-3H3/t13-,20+/m0/s1. The molecule has 0 bridgehead atoms. The molecule has 1 heterocycles. The Bertz CT molecular complexity index is 758. The molecular weight excluding hydrogens is 302 g/mol. The normalized spacial score (nSPS) is 28.1. The van der Waals surface area contributed by atoms with E-state index in [1.165, 1.54) is 0 Å². The molecule has 0 radical (unpaired) electrons. The van der Waals surface area contributed by atoms with Crippen molar-refractivity contribution in [2.75, 3.05) is 6.54 Å².